The maximum Gasteiger partial charge on any atom is 0.407 e. The molecule has 2 amide bonds. The van der Waals surface area contributed by atoms with E-state index >= 15 is 0 Å². The van der Waals surface area contributed by atoms with Gasteiger partial charge in [-0.15, -0.1) is 0 Å². The molecule has 0 unspecified atom stereocenters. The van der Waals surface area contributed by atoms with E-state index in [1.165, 1.54) is 6.20 Å². The van der Waals surface area contributed by atoms with Crippen molar-refractivity contribution < 1.29 is 37.0 Å². The Morgan fingerprint density at radius 2 is 1.64 bits per heavy atom. The van der Waals surface area contributed by atoms with Crippen molar-refractivity contribution in [1.29, 1.82) is 0 Å². The molecule has 0 saturated carbocycles. The number of carbonyl (C=O) groups excluding carboxylic acids is 1. The molecule has 1 aromatic heterocycles. The molecule has 1 saturated heterocycles. The Morgan fingerprint density at radius 3 is 2.24 bits per heavy atom. The largest absolute Gasteiger partial charge is 0.465 e. The minimum absolute atomic E-state index is 0.110. The van der Waals surface area contributed by atoms with Gasteiger partial charge in [0, 0.05) is 31.0 Å². The van der Waals surface area contributed by atoms with Crippen LogP contribution < -0.4 is 10.6 Å². The van der Waals surface area contributed by atoms with Crippen LogP contribution in [0.2, 0.25) is 0 Å². The molecule has 4 rings (SSSR count). The minimum Gasteiger partial charge on any atom is -0.465 e. The van der Waals surface area contributed by atoms with E-state index in [1.807, 2.05) is 60.7 Å². The number of aromatic nitrogens is 1. The highest BCUT2D eigenvalue weighted by Crippen LogP contribution is 2.29. The SMILES string of the molecule is O=C(CC(c1ccccc1)c1ccccc1)Nc1cncc(F)c1CC[C@@H]1CNC[C@@H](CN(CC(F)(F)F)C(=O)O)O1. The van der Waals surface area contributed by atoms with Crippen LogP contribution in [0.5, 0.6) is 0 Å². The number of nitrogens with zero attached hydrogens (tertiary/aromatic N) is 2. The van der Waals surface area contributed by atoms with E-state index in [9.17, 15) is 32.3 Å². The summed E-state index contributed by atoms with van der Waals surface area (Å²) in [6, 6.07) is 19.2. The van der Waals surface area contributed by atoms with Gasteiger partial charge >= 0.3 is 12.3 Å². The number of carboxylic acid groups (broad SMARTS) is 1. The van der Waals surface area contributed by atoms with Crippen LogP contribution in [0.25, 0.3) is 0 Å². The number of morpholine rings is 1. The van der Waals surface area contributed by atoms with Crippen LogP contribution in [0.1, 0.15) is 35.4 Å². The number of pyridine rings is 1. The second-order valence-electron chi connectivity index (χ2n) is 10.1. The molecule has 0 bridgehead atoms. The summed E-state index contributed by atoms with van der Waals surface area (Å²) in [7, 11) is 0. The fraction of sp³-hybridized carbons (Fsp3) is 0.367. The number of hydrogen-bond donors (Lipinski definition) is 3. The number of nitrogens with one attached hydrogen (secondary N) is 2. The highest BCUT2D eigenvalue weighted by Gasteiger charge is 2.35. The predicted molar refractivity (Wildman–Crippen MR) is 148 cm³/mol. The standard InChI is InChI=1S/C30H32F4N4O4/c31-26-16-36-17-27(37-28(39)13-25(20-7-3-1-4-8-20)21-9-5-2-6-10-21)24(26)12-11-22-14-35-15-23(42-22)18-38(29(40)41)19-30(32,33)34/h1-10,16-17,22-23,25,35H,11-15,18-19H2,(H,37,39)(H,40,41)/t22-,23+/m1/s1. The van der Waals surface area contributed by atoms with Crippen molar-refractivity contribution in [2.45, 2.75) is 43.6 Å². The summed E-state index contributed by atoms with van der Waals surface area (Å²) in [5.74, 6) is -1.16. The van der Waals surface area contributed by atoms with Gasteiger partial charge in [0.25, 0.3) is 0 Å². The lowest BCUT2D eigenvalue weighted by Gasteiger charge is -2.34. The summed E-state index contributed by atoms with van der Waals surface area (Å²) in [4.78, 5) is 28.7. The summed E-state index contributed by atoms with van der Waals surface area (Å²) in [6.45, 7) is -1.54. The summed E-state index contributed by atoms with van der Waals surface area (Å²) in [5, 5.41) is 15.0. The number of hydrogen-bond acceptors (Lipinski definition) is 5. The molecule has 0 aliphatic carbocycles. The first-order chi connectivity index (χ1) is 20.1. The van der Waals surface area contributed by atoms with E-state index in [0.717, 1.165) is 17.3 Å². The Balaban J connectivity index is 1.40. The average molecular weight is 589 g/mol. The number of halogens is 4. The van der Waals surface area contributed by atoms with E-state index < -0.39 is 43.4 Å². The second-order valence-corrected chi connectivity index (χ2v) is 10.1. The molecule has 1 aliphatic heterocycles. The molecule has 224 valence electrons. The zero-order chi connectivity index (χ0) is 30.1. The molecule has 0 spiro atoms. The normalized spacial score (nSPS) is 17.2. The Kier molecular flexibility index (Phi) is 10.5. The average Bonchev–Trinajstić information content (AvgIpc) is 2.96. The molecule has 12 heteroatoms. The zero-order valence-electron chi connectivity index (χ0n) is 22.7. The van der Waals surface area contributed by atoms with E-state index in [4.69, 9.17) is 4.74 Å². The van der Waals surface area contributed by atoms with Gasteiger partial charge in [-0.2, -0.15) is 13.2 Å². The molecular formula is C30H32F4N4O4. The van der Waals surface area contributed by atoms with Gasteiger partial charge in [0.15, 0.2) is 0 Å². The van der Waals surface area contributed by atoms with Gasteiger partial charge in [0.05, 0.1) is 36.8 Å². The third-order valence-electron chi connectivity index (χ3n) is 6.98. The lowest BCUT2D eigenvalue weighted by atomic mass is 9.88. The quantitative estimate of drug-likeness (QED) is 0.266. The van der Waals surface area contributed by atoms with Crippen molar-refractivity contribution in [3.05, 3.63) is 95.6 Å². The maximum atomic E-state index is 14.9. The minimum atomic E-state index is -4.68. The van der Waals surface area contributed by atoms with Crippen LogP contribution in [0.4, 0.5) is 28.0 Å². The number of rotatable bonds is 11. The topological polar surface area (TPSA) is 104 Å². The van der Waals surface area contributed by atoms with Gasteiger partial charge < -0.3 is 20.5 Å². The van der Waals surface area contributed by atoms with Gasteiger partial charge in [0.1, 0.15) is 12.4 Å². The number of carbonyl (C=O) groups is 2. The Labute approximate surface area is 240 Å². The van der Waals surface area contributed by atoms with Crippen LogP contribution in [0.3, 0.4) is 0 Å². The van der Waals surface area contributed by atoms with Gasteiger partial charge in [-0.1, -0.05) is 60.7 Å². The van der Waals surface area contributed by atoms with E-state index in [-0.39, 0.29) is 53.8 Å². The summed E-state index contributed by atoms with van der Waals surface area (Å²) in [5.41, 5.74) is 2.38. The third kappa shape index (κ3) is 8.98. The van der Waals surface area contributed by atoms with E-state index in [0.29, 0.717) is 6.54 Å². The molecule has 3 N–H and O–H groups in total. The van der Waals surface area contributed by atoms with Crippen molar-refractivity contribution >= 4 is 17.7 Å². The van der Waals surface area contributed by atoms with Crippen LogP contribution >= 0.6 is 0 Å². The number of amides is 2. The fourth-order valence-corrected chi connectivity index (χ4v) is 5.04. The molecule has 0 radical (unpaired) electrons. The molecular weight excluding hydrogens is 556 g/mol. The maximum absolute atomic E-state index is 14.9. The van der Waals surface area contributed by atoms with Crippen molar-refractivity contribution in [2.24, 2.45) is 0 Å². The number of anilines is 1. The second kappa shape index (κ2) is 14.2. The number of benzene rings is 2. The lowest BCUT2D eigenvalue weighted by Crippen LogP contribution is -2.51. The van der Waals surface area contributed by atoms with E-state index in [1.54, 1.807) is 0 Å². The van der Waals surface area contributed by atoms with Crippen molar-refractivity contribution in [2.75, 3.05) is 31.5 Å². The molecule has 2 aromatic carbocycles. The van der Waals surface area contributed by atoms with Crippen LogP contribution in [0.15, 0.2) is 73.1 Å². The first-order valence-electron chi connectivity index (χ1n) is 13.5. The summed E-state index contributed by atoms with van der Waals surface area (Å²) in [6.07, 6.45) is -4.74. The van der Waals surface area contributed by atoms with Crippen LogP contribution in [0, 0.1) is 5.82 Å². The first-order valence-corrected chi connectivity index (χ1v) is 13.5. The molecule has 3 aromatic rings. The molecule has 8 nitrogen and oxygen atoms in total. The molecule has 42 heavy (non-hydrogen) atoms. The third-order valence-corrected chi connectivity index (χ3v) is 6.98. The van der Waals surface area contributed by atoms with Gasteiger partial charge in [-0.25, -0.2) is 9.18 Å². The van der Waals surface area contributed by atoms with Gasteiger partial charge in [-0.3, -0.25) is 14.7 Å². The van der Waals surface area contributed by atoms with Crippen LogP contribution in [-0.2, 0) is 16.0 Å². The van der Waals surface area contributed by atoms with E-state index in [2.05, 4.69) is 15.6 Å². The molecule has 1 aliphatic rings. The lowest BCUT2D eigenvalue weighted by molar-refractivity contribution is -0.147. The monoisotopic (exact) mass is 588 g/mol. The van der Waals surface area contributed by atoms with Crippen molar-refractivity contribution in [3.8, 4) is 0 Å². The number of ether oxygens (including phenoxy) is 1. The number of alkyl halides is 3. The smallest absolute Gasteiger partial charge is 0.407 e. The van der Waals surface area contributed by atoms with Crippen LogP contribution in [-0.4, -0.2) is 71.6 Å². The molecule has 2 heterocycles. The highest BCUT2D eigenvalue weighted by atomic mass is 19.4. The fourth-order valence-electron chi connectivity index (χ4n) is 5.04. The summed E-state index contributed by atoms with van der Waals surface area (Å²) < 4.78 is 59.1. The molecule has 1 fully saturated rings. The Morgan fingerprint density at radius 1 is 1.02 bits per heavy atom. The Bertz CT molecular complexity index is 1290. The Hall–Kier alpha value is -4.03. The first kappa shape index (κ1) is 30.9. The zero-order valence-corrected chi connectivity index (χ0v) is 22.7. The highest BCUT2D eigenvalue weighted by molar-refractivity contribution is 5.92. The van der Waals surface area contributed by atoms with Crippen molar-refractivity contribution in [3.63, 3.8) is 0 Å². The molecule has 2 atom stereocenters. The van der Waals surface area contributed by atoms with Gasteiger partial charge in [0.2, 0.25) is 5.91 Å². The van der Waals surface area contributed by atoms with Crippen molar-refractivity contribution in [1.82, 2.24) is 15.2 Å². The summed E-state index contributed by atoms with van der Waals surface area (Å²) >= 11 is 0. The van der Waals surface area contributed by atoms with Gasteiger partial charge in [-0.05, 0) is 24.0 Å². The predicted octanol–water partition coefficient (Wildman–Crippen LogP) is 5.21.